The Kier molecular flexibility index (Phi) is 3.50. The number of H-pyrrole nitrogens is 1. The molecule has 1 aromatic carbocycles. The minimum Gasteiger partial charge on any atom is -0.361 e. The van der Waals surface area contributed by atoms with Crippen LogP contribution in [0.3, 0.4) is 0 Å². The molecule has 1 aliphatic rings. The molecule has 0 saturated carbocycles. The molecular formula is C20H19N5O. The van der Waals surface area contributed by atoms with Gasteiger partial charge in [-0.15, -0.1) is 0 Å². The molecule has 1 amide bonds. The molecule has 1 fully saturated rings. The van der Waals surface area contributed by atoms with E-state index < -0.39 is 0 Å². The van der Waals surface area contributed by atoms with Crippen molar-refractivity contribution in [3.63, 3.8) is 0 Å². The SMILES string of the molecule is O=C1[C@@H](Cc2c[nH]c3ccccc23)NCCN1c1cn2ccccc2n1. The normalized spacial score (nSPS) is 18.1. The van der Waals surface area contributed by atoms with E-state index in [2.05, 4.69) is 27.4 Å². The van der Waals surface area contributed by atoms with Crippen molar-refractivity contribution in [3.8, 4) is 0 Å². The van der Waals surface area contributed by atoms with Crippen molar-refractivity contribution in [2.75, 3.05) is 18.0 Å². The summed E-state index contributed by atoms with van der Waals surface area (Å²) in [5.41, 5.74) is 3.10. The summed E-state index contributed by atoms with van der Waals surface area (Å²) < 4.78 is 1.94. The number of carbonyl (C=O) groups excluding carboxylic acids is 1. The number of piperazine rings is 1. The van der Waals surface area contributed by atoms with Crippen LogP contribution in [0.2, 0.25) is 0 Å². The third kappa shape index (κ3) is 2.46. The lowest BCUT2D eigenvalue weighted by Crippen LogP contribution is -2.56. The number of hydrogen-bond donors (Lipinski definition) is 2. The van der Waals surface area contributed by atoms with Crippen molar-refractivity contribution >= 4 is 28.3 Å². The van der Waals surface area contributed by atoms with Gasteiger partial charge in [0.15, 0.2) is 5.82 Å². The Morgan fingerprint density at radius 2 is 2.04 bits per heavy atom. The van der Waals surface area contributed by atoms with Crippen LogP contribution < -0.4 is 10.2 Å². The van der Waals surface area contributed by atoms with Gasteiger partial charge in [-0.25, -0.2) is 4.98 Å². The van der Waals surface area contributed by atoms with Gasteiger partial charge in [-0.05, 0) is 30.2 Å². The van der Waals surface area contributed by atoms with Crippen LogP contribution in [0.15, 0.2) is 61.1 Å². The summed E-state index contributed by atoms with van der Waals surface area (Å²) in [6, 6.07) is 13.8. The smallest absolute Gasteiger partial charge is 0.245 e. The minimum atomic E-state index is -0.243. The van der Waals surface area contributed by atoms with Gasteiger partial charge in [0.2, 0.25) is 5.91 Å². The van der Waals surface area contributed by atoms with Gasteiger partial charge in [-0.1, -0.05) is 24.3 Å². The zero-order chi connectivity index (χ0) is 17.5. The summed E-state index contributed by atoms with van der Waals surface area (Å²) in [5.74, 6) is 0.788. The maximum atomic E-state index is 13.1. The Balaban J connectivity index is 1.43. The van der Waals surface area contributed by atoms with Gasteiger partial charge in [0.25, 0.3) is 0 Å². The van der Waals surface area contributed by atoms with Crippen LogP contribution in [0.4, 0.5) is 5.82 Å². The quantitative estimate of drug-likeness (QED) is 0.599. The summed E-state index contributed by atoms with van der Waals surface area (Å²) in [5, 5.41) is 4.54. The first-order chi connectivity index (χ1) is 12.8. The molecule has 1 aliphatic heterocycles. The highest BCUT2D eigenvalue weighted by Gasteiger charge is 2.31. The summed E-state index contributed by atoms with van der Waals surface area (Å²) >= 11 is 0. The zero-order valence-electron chi connectivity index (χ0n) is 14.2. The van der Waals surface area contributed by atoms with E-state index in [9.17, 15) is 4.79 Å². The lowest BCUT2D eigenvalue weighted by atomic mass is 10.0. The maximum Gasteiger partial charge on any atom is 0.245 e. The zero-order valence-corrected chi connectivity index (χ0v) is 14.2. The molecular weight excluding hydrogens is 326 g/mol. The number of carbonyl (C=O) groups is 1. The fourth-order valence-electron chi connectivity index (χ4n) is 3.69. The topological polar surface area (TPSA) is 65.4 Å². The highest BCUT2D eigenvalue weighted by molar-refractivity contribution is 5.98. The van der Waals surface area contributed by atoms with Crippen LogP contribution in [-0.2, 0) is 11.2 Å². The number of benzene rings is 1. The first kappa shape index (κ1) is 15.2. The Hall–Kier alpha value is -3.12. The van der Waals surface area contributed by atoms with Crippen molar-refractivity contribution in [1.29, 1.82) is 0 Å². The summed E-state index contributed by atoms with van der Waals surface area (Å²) in [4.78, 5) is 22.8. The van der Waals surface area contributed by atoms with Crippen LogP contribution >= 0.6 is 0 Å². The van der Waals surface area contributed by atoms with E-state index in [0.717, 1.165) is 23.3 Å². The Bertz CT molecular complexity index is 1060. The van der Waals surface area contributed by atoms with Crippen molar-refractivity contribution in [1.82, 2.24) is 19.7 Å². The highest BCUT2D eigenvalue weighted by atomic mass is 16.2. The second-order valence-corrected chi connectivity index (χ2v) is 6.63. The molecule has 3 aromatic heterocycles. The first-order valence-electron chi connectivity index (χ1n) is 8.83. The Morgan fingerprint density at radius 1 is 1.15 bits per heavy atom. The second kappa shape index (κ2) is 6.00. The third-order valence-electron chi connectivity index (χ3n) is 5.02. The molecule has 0 radical (unpaired) electrons. The molecule has 130 valence electrons. The average Bonchev–Trinajstić information content (AvgIpc) is 3.28. The van der Waals surface area contributed by atoms with E-state index >= 15 is 0 Å². The van der Waals surface area contributed by atoms with Gasteiger partial charge >= 0.3 is 0 Å². The maximum absolute atomic E-state index is 13.1. The van der Waals surface area contributed by atoms with Gasteiger partial charge in [-0.2, -0.15) is 0 Å². The van der Waals surface area contributed by atoms with Crippen molar-refractivity contribution in [2.24, 2.45) is 0 Å². The average molecular weight is 345 g/mol. The number of amides is 1. The number of anilines is 1. The molecule has 26 heavy (non-hydrogen) atoms. The monoisotopic (exact) mass is 345 g/mol. The molecule has 5 rings (SSSR count). The van der Waals surface area contributed by atoms with E-state index in [1.807, 2.05) is 53.3 Å². The van der Waals surface area contributed by atoms with Gasteiger partial charge in [0.05, 0.1) is 12.2 Å². The van der Waals surface area contributed by atoms with Gasteiger partial charge in [0.1, 0.15) is 5.65 Å². The fourth-order valence-corrected chi connectivity index (χ4v) is 3.69. The number of aromatic amines is 1. The van der Waals surface area contributed by atoms with Crippen molar-refractivity contribution in [3.05, 3.63) is 66.6 Å². The van der Waals surface area contributed by atoms with Crippen LogP contribution in [0.5, 0.6) is 0 Å². The Morgan fingerprint density at radius 3 is 2.96 bits per heavy atom. The summed E-state index contributed by atoms with van der Waals surface area (Å²) in [7, 11) is 0. The number of pyridine rings is 1. The minimum absolute atomic E-state index is 0.0740. The predicted octanol–water partition coefficient (Wildman–Crippen LogP) is 2.36. The number of imidazole rings is 1. The molecule has 2 N–H and O–H groups in total. The summed E-state index contributed by atoms with van der Waals surface area (Å²) in [6.45, 7) is 1.39. The van der Waals surface area contributed by atoms with Gasteiger partial charge < -0.3 is 14.7 Å². The molecule has 1 atom stereocenters. The number of aromatic nitrogens is 3. The van der Waals surface area contributed by atoms with E-state index in [-0.39, 0.29) is 11.9 Å². The molecule has 6 heteroatoms. The number of nitrogens with one attached hydrogen (secondary N) is 2. The van der Waals surface area contributed by atoms with E-state index in [1.54, 1.807) is 4.90 Å². The lowest BCUT2D eigenvalue weighted by Gasteiger charge is -2.31. The molecule has 1 saturated heterocycles. The molecule has 0 bridgehead atoms. The van der Waals surface area contributed by atoms with E-state index in [0.29, 0.717) is 18.8 Å². The predicted molar refractivity (Wildman–Crippen MR) is 101 cm³/mol. The van der Waals surface area contributed by atoms with Crippen LogP contribution in [0.1, 0.15) is 5.56 Å². The van der Waals surface area contributed by atoms with Crippen LogP contribution in [0.25, 0.3) is 16.6 Å². The third-order valence-corrected chi connectivity index (χ3v) is 5.02. The largest absolute Gasteiger partial charge is 0.361 e. The lowest BCUT2D eigenvalue weighted by molar-refractivity contribution is -0.121. The number of rotatable bonds is 3. The molecule has 6 nitrogen and oxygen atoms in total. The van der Waals surface area contributed by atoms with Crippen molar-refractivity contribution < 1.29 is 4.79 Å². The number of fused-ring (bicyclic) bond motifs is 2. The Labute approximate surface area is 150 Å². The molecule has 0 unspecified atom stereocenters. The van der Waals surface area contributed by atoms with Crippen molar-refractivity contribution in [2.45, 2.75) is 12.5 Å². The number of nitrogens with zero attached hydrogens (tertiary/aromatic N) is 3. The molecule has 4 heterocycles. The van der Waals surface area contributed by atoms with Crippen LogP contribution in [-0.4, -0.2) is 39.4 Å². The molecule has 0 spiro atoms. The number of para-hydroxylation sites is 1. The highest BCUT2D eigenvalue weighted by Crippen LogP contribution is 2.22. The first-order valence-corrected chi connectivity index (χ1v) is 8.83. The molecule has 0 aliphatic carbocycles. The standard InChI is InChI=1S/C20H19N5O/c26-20-17(11-14-12-22-16-6-2-1-5-15(14)16)21-8-10-25(20)19-13-24-9-4-3-7-18(24)23-19/h1-7,9,12-13,17,21-22H,8,10-11H2/t17-/m1/s1. The fraction of sp³-hybridized carbons (Fsp3) is 0.200. The number of hydrogen-bond acceptors (Lipinski definition) is 3. The summed E-state index contributed by atoms with van der Waals surface area (Å²) in [6.07, 6.45) is 6.53. The van der Waals surface area contributed by atoms with Gasteiger partial charge in [0, 0.05) is 36.4 Å². The van der Waals surface area contributed by atoms with Crippen LogP contribution in [0, 0.1) is 0 Å². The van der Waals surface area contributed by atoms with E-state index in [1.165, 1.54) is 5.39 Å². The molecule has 4 aromatic rings. The van der Waals surface area contributed by atoms with Gasteiger partial charge in [-0.3, -0.25) is 9.69 Å². The second-order valence-electron chi connectivity index (χ2n) is 6.63. The van der Waals surface area contributed by atoms with E-state index in [4.69, 9.17) is 0 Å².